The maximum Gasteiger partial charge on any atom is 0.241 e. The van der Waals surface area contributed by atoms with Crippen LogP contribution in [0.5, 0.6) is 0 Å². The summed E-state index contributed by atoms with van der Waals surface area (Å²) in [6.45, 7) is 5.70. The van der Waals surface area contributed by atoms with Crippen LogP contribution < -0.4 is 10.6 Å². The number of carbonyl (C=O) groups excluding carboxylic acids is 1. The van der Waals surface area contributed by atoms with Gasteiger partial charge in [0.15, 0.2) is 0 Å². The highest BCUT2D eigenvalue weighted by atomic mass is 16.2. The Labute approximate surface area is 102 Å². The Morgan fingerprint density at radius 1 is 1.29 bits per heavy atom. The monoisotopic (exact) mass is 236 g/mol. The van der Waals surface area contributed by atoms with Crippen LogP contribution >= 0.6 is 0 Å². The highest BCUT2D eigenvalue weighted by Gasteiger charge is 2.08. The van der Waals surface area contributed by atoms with E-state index in [0.717, 1.165) is 18.9 Å². The minimum absolute atomic E-state index is 0.0895. The van der Waals surface area contributed by atoms with Gasteiger partial charge in [-0.15, -0.1) is 0 Å². The highest BCUT2D eigenvalue weighted by Crippen LogP contribution is 2.07. The van der Waals surface area contributed by atoms with Gasteiger partial charge in [0.1, 0.15) is 11.6 Å². The van der Waals surface area contributed by atoms with Gasteiger partial charge in [-0.25, -0.2) is 4.98 Å². The normalized spacial score (nSPS) is 9.82. The van der Waals surface area contributed by atoms with Crippen molar-refractivity contribution in [3.8, 4) is 0 Å². The lowest BCUT2D eigenvalue weighted by atomic mass is 10.4. The number of aromatic nitrogens is 1. The maximum absolute atomic E-state index is 11.8. The minimum atomic E-state index is 0.0895. The summed E-state index contributed by atoms with van der Waals surface area (Å²) >= 11 is 0. The van der Waals surface area contributed by atoms with E-state index in [1.165, 1.54) is 0 Å². The van der Waals surface area contributed by atoms with Gasteiger partial charge in [0.05, 0.1) is 6.54 Å². The fourth-order valence-electron chi connectivity index (χ4n) is 1.53. The summed E-state index contributed by atoms with van der Waals surface area (Å²) in [5, 5.41) is 5.98. The van der Waals surface area contributed by atoms with Crippen molar-refractivity contribution < 1.29 is 4.79 Å². The Morgan fingerprint density at radius 3 is 2.53 bits per heavy atom. The van der Waals surface area contributed by atoms with Crippen molar-refractivity contribution in [2.45, 2.75) is 13.8 Å². The van der Waals surface area contributed by atoms with Gasteiger partial charge in [0, 0.05) is 20.1 Å². The molecule has 0 spiro atoms. The van der Waals surface area contributed by atoms with Gasteiger partial charge in [-0.05, 0) is 26.0 Å². The number of hydrogen-bond acceptors (Lipinski definition) is 4. The first-order valence-corrected chi connectivity index (χ1v) is 5.87. The molecular weight excluding hydrogens is 216 g/mol. The van der Waals surface area contributed by atoms with Gasteiger partial charge in [-0.1, -0.05) is 6.07 Å². The van der Waals surface area contributed by atoms with E-state index >= 15 is 0 Å². The number of rotatable bonds is 6. The molecule has 5 nitrogen and oxygen atoms in total. The van der Waals surface area contributed by atoms with Crippen LogP contribution in [0.3, 0.4) is 0 Å². The van der Waals surface area contributed by atoms with E-state index in [1.54, 1.807) is 4.90 Å². The Bertz CT molecular complexity index is 363. The fourth-order valence-corrected chi connectivity index (χ4v) is 1.53. The molecule has 1 aromatic heterocycles. The van der Waals surface area contributed by atoms with E-state index in [2.05, 4.69) is 15.6 Å². The van der Waals surface area contributed by atoms with Crippen LogP contribution in [0, 0.1) is 0 Å². The van der Waals surface area contributed by atoms with Crippen molar-refractivity contribution in [2.24, 2.45) is 0 Å². The zero-order valence-corrected chi connectivity index (χ0v) is 10.7. The van der Waals surface area contributed by atoms with Crippen LogP contribution in [0.2, 0.25) is 0 Å². The third kappa shape index (κ3) is 3.94. The third-order valence-corrected chi connectivity index (χ3v) is 2.54. The number of nitrogens with one attached hydrogen (secondary N) is 2. The molecule has 0 saturated heterocycles. The molecule has 0 saturated carbocycles. The molecule has 1 amide bonds. The number of amides is 1. The number of likely N-dealkylation sites (N-methyl/N-ethyl adjacent to an activating group) is 1. The molecule has 17 heavy (non-hydrogen) atoms. The molecule has 0 aliphatic carbocycles. The summed E-state index contributed by atoms with van der Waals surface area (Å²) in [5.74, 6) is 1.58. The largest absolute Gasteiger partial charge is 0.373 e. The number of pyridine rings is 1. The Hall–Kier alpha value is -1.78. The molecule has 1 rings (SSSR count). The van der Waals surface area contributed by atoms with Crippen molar-refractivity contribution in [1.29, 1.82) is 0 Å². The zero-order chi connectivity index (χ0) is 12.7. The van der Waals surface area contributed by atoms with Crippen LogP contribution in [0.1, 0.15) is 13.8 Å². The number of nitrogens with zero attached hydrogens (tertiary/aromatic N) is 2. The lowest BCUT2D eigenvalue weighted by molar-refractivity contribution is -0.128. The van der Waals surface area contributed by atoms with Crippen molar-refractivity contribution >= 4 is 17.5 Å². The fraction of sp³-hybridized carbons (Fsp3) is 0.500. The molecule has 0 atom stereocenters. The predicted molar refractivity (Wildman–Crippen MR) is 70.2 cm³/mol. The molecule has 0 bridgehead atoms. The summed E-state index contributed by atoms with van der Waals surface area (Å²) in [4.78, 5) is 17.8. The molecule has 0 aliphatic rings. The lowest BCUT2D eigenvalue weighted by Crippen LogP contribution is -2.35. The lowest BCUT2D eigenvalue weighted by Gasteiger charge is -2.18. The SMILES string of the molecule is CCN(CC)C(=O)CNc1cccc(NC)n1. The van der Waals surface area contributed by atoms with Gasteiger partial charge >= 0.3 is 0 Å². The first kappa shape index (κ1) is 13.3. The standard InChI is InChI=1S/C12H20N4O/c1-4-16(5-2)12(17)9-14-11-8-6-7-10(13-3)15-11/h6-8H,4-5,9H2,1-3H3,(H2,13,14,15). The second kappa shape index (κ2) is 6.73. The van der Waals surface area contributed by atoms with Gasteiger partial charge in [-0.2, -0.15) is 0 Å². The molecule has 0 fully saturated rings. The number of anilines is 2. The van der Waals surface area contributed by atoms with E-state index < -0.39 is 0 Å². The molecule has 2 N–H and O–H groups in total. The summed E-state index contributed by atoms with van der Waals surface area (Å²) in [5.41, 5.74) is 0. The predicted octanol–water partition coefficient (Wildman–Crippen LogP) is 1.40. The van der Waals surface area contributed by atoms with E-state index in [4.69, 9.17) is 0 Å². The molecule has 5 heteroatoms. The number of carbonyl (C=O) groups is 1. The van der Waals surface area contributed by atoms with E-state index in [-0.39, 0.29) is 12.5 Å². The zero-order valence-electron chi connectivity index (χ0n) is 10.7. The Balaban J connectivity index is 2.52. The molecule has 0 unspecified atom stereocenters. The molecule has 0 aromatic carbocycles. The maximum atomic E-state index is 11.8. The summed E-state index contributed by atoms with van der Waals surface area (Å²) in [7, 11) is 1.81. The summed E-state index contributed by atoms with van der Waals surface area (Å²) in [6.07, 6.45) is 0. The molecular formula is C12H20N4O. The van der Waals surface area contributed by atoms with Gasteiger partial charge in [0.25, 0.3) is 0 Å². The first-order chi connectivity index (χ1) is 8.21. The Morgan fingerprint density at radius 2 is 1.94 bits per heavy atom. The van der Waals surface area contributed by atoms with Crippen LogP contribution in [0.4, 0.5) is 11.6 Å². The van der Waals surface area contributed by atoms with Crippen LogP contribution in [-0.2, 0) is 4.79 Å². The number of hydrogen-bond donors (Lipinski definition) is 2. The van der Waals surface area contributed by atoms with Crippen molar-refractivity contribution in [3.63, 3.8) is 0 Å². The quantitative estimate of drug-likeness (QED) is 0.784. The van der Waals surface area contributed by atoms with Crippen LogP contribution in [0.15, 0.2) is 18.2 Å². The smallest absolute Gasteiger partial charge is 0.241 e. The molecule has 0 radical (unpaired) electrons. The van der Waals surface area contributed by atoms with Gasteiger partial charge < -0.3 is 15.5 Å². The summed E-state index contributed by atoms with van der Waals surface area (Å²) in [6, 6.07) is 5.61. The molecule has 94 valence electrons. The first-order valence-electron chi connectivity index (χ1n) is 5.87. The van der Waals surface area contributed by atoms with Crippen LogP contribution in [0.25, 0.3) is 0 Å². The van der Waals surface area contributed by atoms with Gasteiger partial charge in [0.2, 0.25) is 5.91 Å². The van der Waals surface area contributed by atoms with E-state index in [1.807, 2.05) is 39.1 Å². The minimum Gasteiger partial charge on any atom is -0.373 e. The van der Waals surface area contributed by atoms with Crippen molar-refractivity contribution in [2.75, 3.05) is 37.3 Å². The van der Waals surface area contributed by atoms with E-state index in [9.17, 15) is 4.79 Å². The molecule has 1 aromatic rings. The Kier molecular flexibility index (Phi) is 5.26. The van der Waals surface area contributed by atoms with Gasteiger partial charge in [-0.3, -0.25) is 4.79 Å². The topological polar surface area (TPSA) is 57.3 Å². The van der Waals surface area contributed by atoms with E-state index in [0.29, 0.717) is 5.82 Å². The average molecular weight is 236 g/mol. The van der Waals surface area contributed by atoms with Crippen LogP contribution in [-0.4, -0.2) is 42.5 Å². The highest BCUT2D eigenvalue weighted by molar-refractivity contribution is 5.80. The molecule has 0 aliphatic heterocycles. The van der Waals surface area contributed by atoms with Crippen molar-refractivity contribution in [3.05, 3.63) is 18.2 Å². The molecule has 1 heterocycles. The average Bonchev–Trinajstić information content (AvgIpc) is 2.38. The second-order valence-corrected chi connectivity index (χ2v) is 3.58. The third-order valence-electron chi connectivity index (χ3n) is 2.54. The van der Waals surface area contributed by atoms with Crippen molar-refractivity contribution in [1.82, 2.24) is 9.88 Å². The second-order valence-electron chi connectivity index (χ2n) is 3.58. The summed E-state index contributed by atoms with van der Waals surface area (Å²) < 4.78 is 0.